The first-order valence-corrected chi connectivity index (χ1v) is 8.13. The van der Waals surface area contributed by atoms with Crippen LogP contribution in [0.3, 0.4) is 0 Å². The van der Waals surface area contributed by atoms with Crippen molar-refractivity contribution in [2.24, 2.45) is 0 Å². The van der Waals surface area contributed by atoms with Crippen molar-refractivity contribution in [1.29, 1.82) is 0 Å². The molecule has 1 unspecified atom stereocenters. The van der Waals surface area contributed by atoms with Crippen molar-refractivity contribution in [3.8, 4) is 0 Å². The van der Waals surface area contributed by atoms with Crippen LogP contribution in [0.15, 0.2) is 22.7 Å². The Balaban J connectivity index is 1.60. The minimum atomic E-state index is -0.392. The Morgan fingerprint density at radius 3 is 2.67 bits per heavy atom. The van der Waals surface area contributed by atoms with E-state index in [1.54, 1.807) is 12.1 Å². The van der Waals surface area contributed by atoms with Gasteiger partial charge >= 0.3 is 0 Å². The molecule has 0 aromatic heterocycles. The lowest BCUT2D eigenvalue weighted by molar-refractivity contribution is 0.0583. The SMILES string of the molecule is O=C(c1ccc(Br)c(F)c1)N1CCN(C2CCNC2)CC1. The second-order valence-electron chi connectivity index (χ2n) is 5.60. The number of carbonyl (C=O) groups is 1. The summed E-state index contributed by atoms with van der Waals surface area (Å²) in [6, 6.07) is 5.17. The highest BCUT2D eigenvalue weighted by Gasteiger charge is 2.28. The zero-order valence-electron chi connectivity index (χ0n) is 11.8. The van der Waals surface area contributed by atoms with Crippen LogP contribution < -0.4 is 5.32 Å². The van der Waals surface area contributed by atoms with Crippen LogP contribution in [-0.4, -0.2) is 61.0 Å². The molecule has 0 radical (unpaired) electrons. The number of amides is 1. The molecule has 2 saturated heterocycles. The highest BCUT2D eigenvalue weighted by Crippen LogP contribution is 2.19. The van der Waals surface area contributed by atoms with E-state index in [1.165, 1.54) is 12.5 Å². The minimum Gasteiger partial charge on any atom is -0.336 e. The van der Waals surface area contributed by atoms with Crippen molar-refractivity contribution in [2.45, 2.75) is 12.5 Å². The Kier molecular flexibility index (Phi) is 4.57. The Hall–Kier alpha value is -0.980. The van der Waals surface area contributed by atoms with Gasteiger partial charge < -0.3 is 10.2 Å². The van der Waals surface area contributed by atoms with Gasteiger partial charge in [0.1, 0.15) is 5.82 Å². The fraction of sp³-hybridized carbons (Fsp3) is 0.533. The largest absolute Gasteiger partial charge is 0.336 e. The first kappa shape index (κ1) is 14.9. The van der Waals surface area contributed by atoms with Gasteiger partial charge in [-0.3, -0.25) is 9.69 Å². The van der Waals surface area contributed by atoms with E-state index in [0.29, 0.717) is 29.2 Å². The average Bonchev–Trinajstić information content (AvgIpc) is 3.04. The molecular weight excluding hydrogens is 337 g/mol. The molecule has 1 aromatic carbocycles. The van der Waals surface area contributed by atoms with E-state index < -0.39 is 5.82 Å². The van der Waals surface area contributed by atoms with Gasteiger partial charge in [0, 0.05) is 44.3 Å². The molecule has 2 aliphatic heterocycles. The van der Waals surface area contributed by atoms with Crippen LogP contribution >= 0.6 is 15.9 Å². The van der Waals surface area contributed by atoms with Gasteiger partial charge in [-0.25, -0.2) is 4.39 Å². The second kappa shape index (κ2) is 6.42. The van der Waals surface area contributed by atoms with E-state index in [1.807, 2.05) is 4.90 Å². The Morgan fingerprint density at radius 2 is 2.05 bits per heavy atom. The topological polar surface area (TPSA) is 35.6 Å². The zero-order valence-corrected chi connectivity index (χ0v) is 13.4. The van der Waals surface area contributed by atoms with Gasteiger partial charge in [0.25, 0.3) is 5.91 Å². The summed E-state index contributed by atoms with van der Waals surface area (Å²) in [5, 5.41) is 3.37. The van der Waals surface area contributed by atoms with Crippen molar-refractivity contribution >= 4 is 21.8 Å². The predicted octanol–water partition coefficient (Wildman–Crippen LogP) is 1.71. The number of hydrogen-bond donors (Lipinski definition) is 1. The molecule has 6 heteroatoms. The number of hydrogen-bond acceptors (Lipinski definition) is 3. The summed E-state index contributed by atoms with van der Waals surface area (Å²) in [5.41, 5.74) is 0.423. The summed E-state index contributed by atoms with van der Waals surface area (Å²) in [6.07, 6.45) is 1.19. The van der Waals surface area contributed by atoms with Crippen molar-refractivity contribution in [1.82, 2.24) is 15.1 Å². The van der Waals surface area contributed by atoms with Crippen LogP contribution in [0, 0.1) is 5.82 Å². The molecule has 3 rings (SSSR count). The fourth-order valence-electron chi connectivity index (χ4n) is 3.05. The number of nitrogens with zero attached hydrogens (tertiary/aromatic N) is 2. The Morgan fingerprint density at radius 1 is 1.29 bits per heavy atom. The predicted molar refractivity (Wildman–Crippen MR) is 82.9 cm³/mol. The number of halogens is 2. The highest BCUT2D eigenvalue weighted by molar-refractivity contribution is 9.10. The van der Waals surface area contributed by atoms with E-state index in [4.69, 9.17) is 0 Å². The smallest absolute Gasteiger partial charge is 0.254 e. The van der Waals surface area contributed by atoms with Crippen LogP contribution in [0.4, 0.5) is 4.39 Å². The maximum Gasteiger partial charge on any atom is 0.254 e. The molecule has 4 nitrogen and oxygen atoms in total. The molecule has 0 saturated carbocycles. The van der Waals surface area contributed by atoms with E-state index in [2.05, 4.69) is 26.1 Å². The van der Waals surface area contributed by atoms with Crippen LogP contribution in [0.1, 0.15) is 16.8 Å². The first-order chi connectivity index (χ1) is 10.1. The lowest BCUT2D eigenvalue weighted by Gasteiger charge is -2.37. The van der Waals surface area contributed by atoms with Crippen LogP contribution in [0.25, 0.3) is 0 Å². The van der Waals surface area contributed by atoms with Gasteiger partial charge in [-0.15, -0.1) is 0 Å². The third kappa shape index (κ3) is 3.27. The summed E-state index contributed by atoms with van der Waals surface area (Å²) in [4.78, 5) is 16.7. The third-order valence-corrected chi connectivity index (χ3v) is 4.96. The highest BCUT2D eigenvalue weighted by atomic mass is 79.9. The normalized spacial score (nSPS) is 23.5. The zero-order chi connectivity index (χ0) is 14.8. The Labute approximate surface area is 132 Å². The van der Waals surface area contributed by atoms with Gasteiger partial charge in [0.05, 0.1) is 4.47 Å². The van der Waals surface area contributed by atoms with Crippen LogP contribution in [-0.2, 0) is 0 Å². The van der Waals surface area contributed by atoms with Crippen LogP contribution in [0.2, 0.25) is 0 Å². The molecule has 2 heterocycles. The van der Waals surface area contributed by atoms with Crippen molar-refractivity contribution < 1.29 is 9.18 Å². The number of carbonyl (C=O) groups excluding carboxylic acids is 1. The summed E-state index contributed by atoms with van der Waals surface area (Å²) in [5.74, 6) is -0.470. The van der Waals surface area contributed by atoms with Crippen molar-refractivity contribution in [3.05, 3.63) is 34.1 Å². The summed E-state index contributed by atoms with van der Waals surface area (Å²) >= 11 is 3.11. The van der Waals surface area contributed by atoms with Crippen molar-refractivity contribution in [3.63, 3.8) is 0 Å². The fourth-order valence-corrected chi connectivity index (χ4v) is 3.30. The molecule has 1 aromatic rings. The van der Waals surface area contributed by atoms with Gasteiger partial charge in [-0.2, -0.15) is 0 Å². The van der Waals surface area contributed by atoms with Gasteiger partial charge in [0.15, 0.2) is 0 Å². The van der Waals surface area contributed by atoms with Gasteiger partial charge in [-0.05, 0) is 47.1 Å². The monoisotopic (exact) mass is 355 g/mol. The number of nitrogens with one attached hydrogen (secondary N) is 1. The third-order valence-electron chi connectivity index (χ3n) is 4.32. The first-order valence-electron chi connectivity index (χ1n) is 7.34. The number of benzene rings is 1. The summed E-state index contributed by atoms with van der Waals surface area (Å²) < 4.78 is 13.9. The van der Waals surface area contributed by atoms with Gasteiger partial charge in [0.2, 0.25) is 0 Å². The molecule has 1 atom stereocenters. The molecule has 1 N–H and O–H groups in total. The molecule has 0 aliphatic carbocycles. The molecule has 2 fully saturated rings. The number of piperazine rings is 1. The molecule has 0 spiro atoms. The summed E-state index contributed by atoms with van der Waals surface area (Å²) in [6.45, 7) is 5.36. The maximum atomic E-state index is 13.5. The average molecular weight is 356 g/mol. The second-order valence-corrected chi connectivity index (χ2v) is 6.46. The minimum absolute atomic E-state index is 0.0782. The molecular formula is C15H19BrFN3O. The van der Waals surface area contributed by atoms with Gasteiger partial charge in [-0.1, -0.05) is 0 Å². The summed E-state index contributed by atoms with van der Waals surface area (Å²) in [7, 11) is 0. The van der Waals surface area contributed by atoms with Crippen molar-refractivity contribution in [2.75, 3.05) is 39.3 Å². The molecule has 1 amide bonds. The van der Waals surface area contributed by atoms with Crippen LogP contribution in [0.5, 0.6) is 0 Å². The molecule has 114 valence electrons. The van der Waals surface area contributed by atoms with E-state index in [-0.39, 0.29) is 5.91 Å². The maximum absolute atomic E-state index is 13.5. The van der Waals surface area contributed by atoms with E-state index >= 15 is 0 Å². The quantitative estimate of drug-likeness (QED) is 0.877. The molecule has 21 heavy (non-hydrogen) atoms. The molecule has 0 bridgehead atoms. The lowest BCUT2D eigenvalue weighted by atomic mass is 10.1. The standard InChI is InChI=1S/C15H19BrFN3O/c16-13-2-1-11(9-14(13)17)15(21)20-7-5-19(6-8-20)12-3-4-18-10-12/h1-2,9,12,18H,3-8,10H2. The molecule has 2 aliphatic rings. The Bertz CT molecular complexity index is 526. The van der Waals surface area contributed by atoms with E-state index in [9.17, 15) is 9.18 Å². The number of rotatable bonds is 2. The lowest BCUT2D eigenvalue weighted by Crippen LogP contribution is -2.52. The van der Waals surface area contributed by atoms with E-state index in [0.717, 1.165) is 26.2 Å².